The van der Waals surface area contributed by atoms with Crippen LogP contribution in [0.2, 0.25) is 0 Å². The van der Waals surface area contributed by atoms with E-state index in [4.69, 9.17) is 9.90 Å². The average Bonchev–Trinajstić information content (AvgIpc) is 2.61. The van der Waals surface area contributed by atoms with Gasteiger partial charge in [-0.2, -0.15) is 0 Å². The van der Waals surface area contributed by atoms with E-state index in [0.717, 1.165) is 12.8 Å². The second-order valence-electron chi connectivity index (χ2n) is 4.24. The lowest BCUT2D eigenvalue weighted by molar-refractivity contribution is -0.134. The Morgan fingerprint density at radius 1 is 1.47 bits per heavy atom. The molecule has 1 fully saturated rings. The molecule has 0 aromatic rings. The minimum atomic E-state index is -0.833. The first-order valence-electron chi connectivity index (χ1n) is 6.02. The highest BCUT2D eigenvalue weighted by Gasteiger charge is 2.19. The van der Waals surface area contributed by atoms with E-state index >= 15 is 0 Å². The van der Waals surface area contributed by atoms with Gasteiger partial charge in [-0.05, 0) is 31.8 Å². The minimum absolute atomic E-state index is 0.833. The number of rotatable bonds is 4. The fraction of sp³-hybridized carbons (Fsp3) is 0.917. The summed E-state index contributed by atoms with van der Waals surface area (Å²) in [7, 11) is 0. The standard InChI is InChI=1S/C10H21N.C2H4O2/c1-3-5-7-11-8-6-10(4-2)9-11;1-2(3)4/h10H,3-9H2,1-2H3;1H3,(H,3,4). The minimum Gasteiger partial charge on any atom is -0.481 e. The lowest BCUT2D eigenvalue weighted by Crippen LogP contribution is -2.21. The van der Waals surface area contributed by atoms with Crippen LogP contribution in [0.1, 0.15) is 46.5 Å². The number of carboxylic acid groups (broad SMARTS) is 1. The molecule has 15 heavy (non-hydrogen) atoms. The SMILES string of the molecule is CC(=O)O.CCCCN1CCC(CC)C1. The Hall–Kier alpha value is -0.570. The molecule has 0 bridgehead atoms. The maximum Gasteiger partial charge on any atom is 0.300 e. The van der Waals surface area contributed by atoms with E-state index in [1.807, 2.05) is 0 Å². The number of aliphatic carboxylic acids is 1. The van der Waals surface area contributed by atoms with Crippen LogP contribution >= 0.6 is 0 Å². The van der Waals surface area contributed by atoms with Gasteiger partial charge in [0.15, 0.2) is 0 Å². The molecule has 0 spiro atoms. The first kappa shape index (κ1) is 14.4. The number of nitrogens with zero attached hydrogens (tertiary/aromatic N) is 1. The third kappa shape index (κ3) is 8.43. The molecule has 1 unspecified atom stereocenters. The van der Waals surface area contributed by atoms with Crippen molar-refractivity contribution in [2.24, 2.45) is 5.92 Å². The van der Waals surface area contributed by atoms with E-state index in [9.17, 15) is 0 Å². The van der Waals surface area contributed by atoms with Crippen LogP contribution in [0.5, 0.6) is 0 Å². The summed E-state index contributed by atoms with van der Waals surface area (Å²) in [5.74, 6) is 0.173. The maximum absolute atomic E-state index is 9.00. The van der Waals surface area contributed by atoms with Gasteiger partial charge in [0.2, 0.25) is 0 Å². The third-order valence-corrected chi connectivity index (χ3v) is 2.78. The van der Waals surface area contributed by atoms with Gasteiger partial charge in [-0.1, -0.05) is 26.7 Å². The van der Waals surface area contributed by atoms with Crippen molar-refractivity contribution in [2.45, 2.75) is 46.5 Å². The third-order valence-electron chi connectivity index (χ3n) is 2.78. The number of unbranched alkanes of at least 4 members (excludes halogenated alkanes) is 1. The van der Waals surface area contributed by atoms with Gasteiger partial charge < -0.3 is 10.0 Å². The van der Waals surface area contributed by atoms with Crippen molar-refractivity contribution >= 4 is 5.97 Å². The molecule has 1 aliphatic rings. The molecule has 0 amide bonds. The Kier molecular flexibility index (Phi) is 8.38. The maximum atomic E-state index is 9.00. The summed E-state index contributed by atoms with van der Waals surface area (Å²) in [4.78, 5) is 11.6. The van der Waals surface area contributed by atoms with Crippen LogP contribution in [0, 0.1) is 5.92 Å². The van der Waals surface area contributed by atoms with Crippen LogP contribution in [-0.4, -0.2) is 35.6 Å². The number of hydrogen-bond donors (Lipinski definition) is 1. The number of carboxylic acids is 1. The highest BCUT2D eigenvalue weighted by atomic mass is 16.4. The molecule has 0 radical (unpaired) electrons. The molecule has 1 atom stereocenters. The molecule has 1 heterocycles. The van der Waals surface area contributed by atoms with Gasteiger partial charge in [0.05, 0.1) is 0 Å². The van der Waals surface area contributed by atoms with Gasteiger partial charge in [0.25, 0.3) is 5.97 Å². The molecular formula is C12H25NO2. The Morgan fingerprint density at radius 3 is 2.47 bits per heavy atom. The predicted molar refractivity (Wildman–Crippen MR) is 63.1 cm³/mol. The summed E-state index contributed by atoms with van der Waals surface area (Å²) >= 11 is 0. The smallest absolute Gasteiger partial charge is 0.300 e. The van der Waals surface area contributed by atoms with Crippen molar-refractivity contribution in [1.82, 2.24) is 4.90 Å². The van der Waals surface area contributed by atoms with E-state index in [1.165, 1.54) is 45.3 Å². The molecule has 1 rings (SSSR count). The molecule has 1 aliphatic heterocycles. The Balaban J connectivity index is 0.000000423. The highest BCUT2D eigenvalue weighted by molar-refractivity contribution is 5.62. The summed E-state index contributed by atoms with van der Waals surface area (Å²) in [6.07, 6.45) is 5.55. The Bertz CT molecular complexity index is 167. The second kappa shape index (κ2) is 8.72. The van der Waals surface area contributed by atoms with Crippen molar-refractivity contribution in [3.8, 4) is 0 Å². The lowest BCUT2D eigenvalue weighted by atomic mass is 10.1. The molecule has 0 saturated carbocycles. The van der Waals surface area contributed by atoms with Crippen molar-refractivity contribution in [3.63, 3.8) is 0 Å². The van der Waals surface area contributed by atoms with Crippen LogP contribution in [0.25, 0.3) is 0 Å². The lowest BCUT2D eigenvalue weighted by Gasteiger charge is -2.14. The summed E-state index contributed by atoms with van der Waals surface area (Å²) in [6, 6.07) is 0. The summed E-state index contributed by atoms with van der Waals surface area (Å²) in [6.45, 7) is 9.74. The second-order valence-corrected chi connectivity index (χ2v) is 4.24. The van der Waals surface area contributed by atoms with Gasteiger partial charge in [0.1, 0.15) is 0 Å². The quantitative estimate of drug-likeness (QED) is 0.783. The van der Waals surface area contributed by atoms with Gasteiger partial charge >= 0.3 is 0 Å². The first-order chi connectivity index (χ1) is 7.10. The van der Waals surface area contributed by atoms with E-state index in [2.05, 4.69) is 18.7 Å². The van der Waals surface area contributed by atoms with E-state index in [1.54, 1.807) is 0 Å². The topological polar surface area (TPSA) is 40.5 Å². The van der Waals surface area contributed by atoms with E-state index in [-0.39, 0.29) is 0 Å². The fourth-order valence-electron chi connectivity index (χ4n) is 1.83. The van der Waals surface area contributed by atoms with Crippen LogP contribution in [0.3, 0.4) is 0 Å². The molecule has 0 aromatic carbocycles. The van der Waals surface area contributed by atoms with Crippen LogP contribution in [0.15, 0.2) is 0 Å². The predicted octanol–water partition coefficient (Wildman–Crippen LogP) is 2.61. The largest absolute Gasteiger partial charge is 0.481 e. The molecule has 1 N–H and O–H groups in total. The zero-order valence-corrected chi connectivity index (χ0v) is 10.3. The Labute approximate surface area is 93.5 Å². The van der Waals surface area contributed by atoms with E-state index < -0.39 is 5.97 Å². The van der Waals surface area contributed by atoms with Crippen molar-refractivity contribution in [2.75, 3.05) is 19.6 Å². The zero-order chi connectivity index (χ0) is 11.7. The first-order valence-corrected chi connectivity index (χ1v) is 6.02. The van der Waals surface area contributed by atoms with E-state index in [0.29, 0.717) is 0 Å². The Morgan fingerprint density at radius 2 is 2.07 bits per heavy atom. The van der Waals surface area contributed by atoms with Crippen molar-refractivity contribution in [3.05, 3.63) is 0 Å². The molecular weight excluding hydrogens is 190 g/mol. The molecule has 0 aromatic heterocycles. The summed E-state index contributed by atoms with van der Waals surface area (Å²) in [5, 5.41) is 7.42. The highest BCUT2D eigenvalue weighted by Crippen LogP contribution is 2.18. The van der Waals surface area contributed by atoms with Gasteiger partial charge in [0, 0.05) is 13.5 Å². The summed E-state index contributed by atoms with van der Waals surface area (Å²) < 4.78 is 0. The summed E-state index contributed by atoms with van der Waals surface area (Å²) in [5.41, 5.74) is 0. The monoisotopic (exact) mass is 215 g/mol. The molecule has 90 valence electrons. The van der Waals surface area contributed by atoms with Crippen molar-refractivity contribution < 1.29 is 9.90 Å². The van der Waals surface area contributed by atoms with Gasteiger partial charge in [-0.3, -0.25) is 4.79 Å². The van der Waals surface area contributed by atoms with Gasteiger partial charge in [-0.25, -0.2) is 0 Å². The van der Waals surface area contributed by atoms with Crippen LogP contribution in [-0.2, 0) is 4.79 Å². The average molecular weight is 215 g/mol. The molecule has 3 nitrogen and oxygen atoms in total. The van der Waals surface area contributed by atoms with Crippen LogP contribution < -0.4 is 0 Å². The molecule has 1 saturated heterocycles. The number of hydrogen-bond acceptors (Lipinski definition) is 2. The molecule has 0 aliphatic carbocycles. The van der Waals surface area contributed by atoms with Gasteiger partial charge in [-0.15, -0.1) is 0 Å². The number of carbonyl (C=O) groups is 1. The number of likely N-dealkylation sites (tertiary alicyclic amines) is 1. The van der Waals surface area contributed by atoms with Crippen molar-refractivity contribution in [1.29, 1.82) is 0 Å². The normalized spacial score (nSPS) is 20.9. The zero-order valence-electron chi connectivity index (χ0n) is 10.3. The molecule has 3 heteroatoms. The fourth-order valence-corrected chi connectivity index (χ4v) is 1.83. The van der Waals surface area contributed by atoms with Crippen LogP contribution in [0.4, 0.5) is 0 Å².